The minimum Gasteiger partial charge on any atom is -0.384 e. The van der Waals surface area contributed by atoms with Gasteiger partial charge in [-0.3, -0.25) is 5.41 Å². The van der Waals surface area contributed by atoms with Gasteiger partial charge in [0.1, 0.15) is 16.7 Å². The van der Waals surface area contributed by atoms with Crippen molar-refractivity contribution in [2.75, 3.05) is 0 Å². The Kier molecular flexibility index (Phi) is 2.90. The van der Waals surface area contributed by atoms with Crippen molar-refractivity contribution >= 4 is 38.4 Å². The number of nitrogens with one attached hydrogen (secondary N) is 2. The van der Waals surface area contributed by atoms with E-state index in [2.05, 4.69) is 21.0 Å². The molecule has 4 N–H and O–H groups in total. The van der Waals surface area contributed by atoms with Gasteiger partial charge in [0, 0.05) is 5.56 Å². The van der Waals surface area contributed by atoms with E-state index in [0.29, 0.717) is 12.0 Å². The van der Waals surface area contributed by atoms with Gasteiger partial charge in [-0.1, -0.05) is 12.1 Å². The predicted molar refractivity (Wildman–Crippen MR) is 89.5 cm³/mol. The van der Waals surface area contributed by atoms with E-state index in [0.717, 1.165) is 27.4 Å². The molecule has 0 fully saturated rings. The number of aromatic nitrogens is 3. The van der Waals surface area contributed by atoms with Crippen LogP contribution >= 0.6 is 11.3 Å². The molecule has 0 radical (unpaired) electrons. The first kappa shape index (κ1) is 13.0. The number of nitrogens with two attached hydrogens (primary N) is 1. The molecule has 0 aliphatic carbocycles. The summed E-state index contributed by atoms with van der Waals surface area (Å²) >= 11 is 1.68. The minimum absolute atomic E-state index is 0.0534. The third kappa shape index (κ3) is 2.23. The number of H-pyrrole nitrogens is 1. The predicted octanol–water partition coefficient (Wildman–Crippen LogP) is 3.05. The van der Waals surface area contributed by atoms with Crippen LogP contribution < -0.4 is 5.73 Å². The van der Waals surface area contributed by atoms with Gasteiger partial charge in [-0.25, -0.2) is 9.97 Å². The molecule has 0 unspecified atom stereocenters. The molecule has 0 spiro atoms. The summed E-state index contributed by atoms with van der Waals surface area (Å²) in [6.07, 6.45) is 0.670. The number of aromatic amines is 1. The molecule has 0 aliphatic heterocycles. The number of nitrogens with zero attached hydrogens (tertiary/aromatic N) is 2. The molecule has 5 nitrogen and oxygen atoms in total. The van der Waals surface area contributed by atoms with E-state index in [-0.39, 0.29) is 5.84 Å². The topological polar surface area (TPSA) is 91.4 Å². The van der Waals surface area contributed by atoms with Crippen molar-refractivity contribution in [2.24, 2.45) is 5.73 Å². The van der Waals surface area contributed by atoms with E-state index in [1.165, 1.54) is 4.70 Å². The van der Waals surface area contributed by atoms with E-state index in [1.807, 2.05) is 36.4 Å². The number of rotatable bonds is 3. The fraction of sp³-hybridized carbons (Fsp3) is 0.0625. The highest BCUT2D eigenvalue weighted by Crippen LogP contribution is 2.23. The summed E-state index contributed by atoms with van der Waals surface area (Å²) in [5, 5.41) is 8.52. The molecule has 22 heavy (non-hydrogen) atoms. The Morgan fingerprint density at radius 1 is 1.14 bits per heavy atom. The second-order valence-corrected chi connectivity index (χ2v) is 6.20. The Labute approximate surface area is 130 Å². The first-order valence-electron chi connectivity index (χ1n) is 6.86. The minimum atomic E-state index is 0.0534. The van der Waals surface area contributed by atoms with Crippen LogP contribution in [0, 0.1) is 5.41 Å². The number of hydrogen-bond donors (Lipinski definition) is 3. The smallest absolute Gasteiger partial charge is 0.122 e. The number of para-hydroxylation sites is 1. The highest BCUT2D eigenvalue weighted by Gasteiger charge is 2.09. The molecule has 0 saturated heterocycles. The zero-order chi connectivity index (χ0) is 15.1. The van der Waals surface area contributed by atoms with Gasteiger partial charge in [0.15, 0.2) is 0 Å². The van der Waals surface area contributed by atoms with Gasteiger partial charge >= 0.3 is 0 Å². The Morgan fingerprint density at radius 3 is 2.82 bits per heavy atom. The number of amidine groups is 1. The molecule has 0 amide bonds. The van der Waals surface area contributed by atoms with Crippen LogP contribution in [0.1, 0.15) is 16.4 Å². The van der Waals surface area contributed by atoms with Crippen LogP contribution in [-0.2, 0) is 6.42 Å². The second-order valence-electron chi connectivity index (χ2n) is 5.08. The van der Waals surface area contributed by atoms with Gasteiger partial charge in [-0.15, -0.1) is 11.3 Å². The number of fused-ring (bicyclic) bond motifs is 2. The Hall–Kier alpha value is -2.73. The summed E-state index contributed by atoms with van der Waals surface area (Å²) in [4.78, 5) is 12.5. The van der Waals surface area contributed by atoms with Gasteiger partial charge in [0.05, 0.1) is 27.7 Å². The first-order valence-corrected chi connectivity index (χ1v) is 7.68. The van der Waals surface area contributed by atoms with Gasteiger partial charge < -0.3 is 10.7 Å². The van der Waals surface area contributed by atoms with Crippen molar-refractivity contribution in [3.8, 4) is 0 Å². The molecule has 4 rings (SSSR count). The van der Waals surface area contributed by atoms with Crippen LogP contribution in [-0.4, -0.2) is 20.8 Å². The van der Waals surface area contributed by atoms with Crippen LogP contribution in [0.15, 0.2) is 42.5 Å². The first-order chi connectivity index (χ1) is 10.7. The standard InChI is InChI=1S/C16H13N5S/c17-16(18)9-5-6-10-12(7-9)20-14(19-10)8-15-21-11-3-1-2-4-13(11)22-15/h1-7H,8H2,(H3,17,18)(H,19,20). The maximum absolute atomic E-state index is 7.49. The van der Waals surface area contributed by atoms with Crippen LogP contribution in [0.5, 0.6) is 0 Å². The van der Waals surface area contributed by atoms with Crippen molar-refractivity contribution in [1.82, 2.24) is 15.0 Å². The van der Waals surface area contributed by atoms with Crippen LogP contribution in [0.25, 0.3) is 21.3 Å². The third-order valence-corrected chi connectivity index (χ3v) is 4.54. The lowest BCUT2D eigenvalue weighted by Gasteiger charge is -1.95. The molecule has 4 aromatic rings. The Balaban J connectivity index is 1.70. The summed E-state index contributed by atoms with van der Waals surface area (Å²) in [7, 11) is 0. The van der Waals surface area contributed by atoms with E-state index in [1.54, 1.807) is 11.3 Å². The summed E-state index contributed by atoms with van der Waals surface area (Å²) in [6, 6.07) is 13.7. The molecule has 108 valence electrons. The second kappa shape index (κ2) is 4.92. The fourth-order valence-electron chi connectivity index (χ4n) is 2.45. The molecule has 2 aromatic carbocycles. The third-order valence-electron chi connectivity index (χ3n) is 3.50. The van der Waals surface area contributed by atoms with E-state index in [9.17, 15) is 0 Å². The highest BCUT2D eigenvalue weighted by atomic mass is 32.1. The average Bonchev–Trinajstić information content (AvgIpc) is 3.08. The van der Waals surface area contributed by atoms with Crippen LogP contribution in [0.2, 0.25) is 0 Å². The van der Waals surface area contributed by atoms with Crippen molar-refractivity contribution in [1.29, 1.82) is 5.41 Å². The SMILES string of the molecule is N=C(N)c1ccc2[nH]c(Cc3nc4ccccc4s3)nc2c1. The highest BCUT2D eigenvalue weighted by molar-refractivity contribution is 7.18. The van der Waals surface area contributed by atoms with Gasteiger partial charge in [0.2, 0.25) is 0 Å². The normalized spacial score (nSPS) is 11.3. The maximum Gasteiger partial charge on any atom is 0.122 e. The molecule has 0 aliphatic rings. The molecular formula is C16H13N5S. The van der Waals surface area contributed by atoms with Gasteiger partial charge in [-0.2, -0.15) is 0 Å². The zero-order valence-electron chi connectivity index (χ0n) is 11.6. The quantitative estimate of drug-likeness (QED) is 0.401. The lowest BCUT2D eigenvalue weighted by Crippen LogP contribution is -2.10. The molecule has 0 atom stereocenters. The zero-order valence-corrected chi connectivity index (χ0v) is 12.4. The van der Waals surface area contributed by atoms with Gasteiger partial charge in [-0.05, 0) is 30.3 Å². The van der Waals surface area contributed by atoms with Crippen LogP contribution in [0.4, 0.5) is 0 Å². The van der Waals surface area contributed by atoms with Crippen molar-refractivity contribution < 1.29 is 0 Å². The van der Waals surface area contributed by atoms with Gasteiger partial charge in [0.25, 0.3) is 0 Å². The summed E-state index contributed by atoms with van der Waals surface area (Å²) in [5.74, 6) is 0.924. The number of thiazole rings is 1. The molecule has 2 heterocycles. The Bertz CT molecular complexity index is 965. The largest absolute Gasteiger partial charge is 0.384 e. The van der Waals surface area contributed by atoms with Crippen molar-refractivity contribution in [3.63, 3.8) is 0 Å². The molecule has 0 bridgehead atoms. The summed E-state index contributed by atoms with van der Waals surface area (Å²) in [6.45, 7) is 0. The number of hydrogen-bond acceptors (Lipinski definition) is 4. The van der Waals surface area contributed by atoms with E-state index in [4.69, 9.17) is 11.1 Å². The summed E-state index contributed by atoms with van der Waals surface area (Å²) in [5.41, 5.74) is 8.99. The lowest BCUT2D eigenvalue weighted by atomic mass is 10.2. The van der Waals surface area contributed by atoms with Crippen LogP contribution in [0.3, 0.4) is 0 Å². The fourth-order valence-corrected chi connectivity index (χ4v) is 3.42. The molecule has 0 saturated carbocycles. The lowest BCUT2D eigenvalue weighted by molar-refractivity contribution is 1.03. The average molecular weight is 307 g/mol. The van der Waals surface area contributed by atoms with E-state index < -0.39 is 0 Å². The molecular weight excluding hydrogens is 294 g/mol. The van der Waals surface area contributed by atoms with E-state index >= 15 is 0 Å². The monoisotopic (exact) mass is 307 g/mol. The Morgan fingerprint density at radius 2 is 2.00 bits per heavy atom. The summed E-state index contributed by atoms with van der Waals surface area (Å²) < 4.78 is 1.19. The molecule has 6 heteroatoms. The molecule has 2 aromatic heterocycles. The number of benzene rings is 2. The van der Waals surface area contributed by atoms with Crippen molar-refractivity contribution in [3.05, 3.63) is 58.9 Å². The maximum atomic E-state index is 7.49. The number of nitrogen functional groups attached to an aromatic ring is 1. The number of imidazole rings is 1. The van der Waals surface area contributed by atoms with Crippen molar-refractivity contribution in [2.45, 2.75) is 6.42 Å².